The molecular formula is C44H83NO5. The Hall–Kier alpha value is -1.66. The molecule has 0 amide bonds. The second kappa shape index (κ2) is 34.4. The van der Waals surface area contributed by atoms with Crippen molar-refractivity contribution in [2.75, 3.05) is 6.61 Å². The van der Waals surface area contributed by atoms with Crippen molar-refractivity contribution >= 4 is 11.9 Å². The van der Waals surface area contributed by atoms with Crippen LogP contribution in [0.5, 0.6) is 0 Å². The monoisotopic (exact) mass is 706 g/mol. The van der Waals surface area contributed by atoms with E-state index in [9.17, 15) is 14.7 Å². The molecule has 0 aliphatic carbocycles. The molecule has 0 saturated carbocycles. The van der Waals surface area contributed by atoms with E-state index in [0.717, 1.165) is 57.8 Å². The number of unbranched alkanes of at least 4 members (excludes halogenated alkanes) is 22. The van der Waals surface area contributed by atoms with Gasteiger partial charge in [-0.25, -0.2) is 0 Å². The van der Waals surface area contributed by atoms with Gasteiger partial charge in [-0.15, -0.1) is 0 Å². The molecule has 0 heterocycles. The van der Waals surface area contributed by atoms with Gasteiger partial charge in [-0.05, 0) is 85.0 Å². The highest BCUT2D eigenvalue weighted by molar-refractivity contribution is 5.70. The summed E-state index contributed by atoms with van der Waals surface area (Å²) in [4.78, 5) is 25.6. The van der Waals surface area contributed by atoms with Crippen LogP contribution in [0.1, 0.15) is 214 Å². The normalized spacial score (nSPS) is 14.0. The van der Waals surface area contributed by atoms with E-state index in [1.807, 2.05) is 0 Å². The predicted octanol–water partition coefficient (Wildman–Crippen LogP) is 12.3. The fourth-order valence-electron chi connectivity index (χ4n) is 6.49. The van der Waals surface area contributed by atoms with Crippen LogP contribution in [0, 0.1) is 5.92 Å². The van der Waals surface area contributed by atoms with Crippen molar-refractivity contribution < 1.29 is 24.2 Å². The standard InChI is InChI=1S/C44H83NO5/c1-6-8-10-12-14-16-18-20-22-24-26-28-30-32-34-36-41(47)49-39(3)43(40(38-46)44(4,5)45)50-42(48)37-35-33-31-29-27-25-23-21-19-17-15-13-11-9-7-2/h20-23,39-40,43,46H,6-19,24-38,45H2,1-5H3. The van der Waals surface area contributed by atoms with Gasteiger partial charge in [-0.1, -0.05) is 141 Å². The third-order valence-corrected chi connectivity index (χ3v) is 9.88. The Bertz CT molecular complexity index is 833. The topological polar surface area (TPSA) is 98.8 Å². The Morgan fingerprint density at radius 2 is 0.880 bits per heavy atom. The van der Waals surface area contributed by atoms with Crippen LogP contribution in [0.15, 0.2) is 24.3 Å². The van der Waals surface area contributed by atoms with Gasteiger partial charge in [-0.3, -0.25) is 9.59 Å². The van der Waals surface area contributed by atoms with Gasteiger partial charge in [0.1, 0.15) is 12.2 Å². The van der Waals surface area contributed by atoms with Gasteiger partial charge in [-0.2, -0.15) is 0 Å². The Morgan fingerprint density at radius 3 is 1.22 bits per heavy atom. The molecule has 0 aromatic rings. The molecule has 294 valence electrons. The maximum absolute atomic E-state index is 12.9. The number of esters is 2. The fraction of sp³-hybridized carbons (Fsp3) is 0.864. The quantitative estimate of drug-likeness (QED) is 0.0382. The first-order valence-corrected chi connectivity index (χ1v) is 21.3. The first-order chi connectivity index (χ1) is 24.2. The number of nitrogens with two attached hydrogens (primary N) is 1. The third kappa shape index (κ3) is 30.0. The second-order valence-electron chi connectivity index (χ2n) is 15.4. The van der Waals surface area contributed by atoms with E-state index in [-0.39, 0.29) is 18.5 Å². The van der Waals surface area contributed by atoms with E-state index in [0.29, 0.717) is 12.8 Å². The molecule has 50 heavy (non-hydrogen) atoms. The molecule has 6 nitrogen and oxygen atoms in total. The summed E-state index contributed by atoms with van der Waals surface area (Å²) in [6, 6.07) is 0. The average Bonchev–Trinajstić information content (AvgIpc) is 3.07. The van der Waals surface area contributed by atoms with E-state index in [1.165, 1.54) is 109 Å². The van der Waals surface area contributed by atoms with Crippen LogP contribution >= 0.6 is 0 Å². The van der Waals surface area contributed by atoms with Crippen molar-refractivity contribution in [3.63, 3.8) is 0 Å². The summed E-state index contributed by atoms with van der Waals surface area (Å²) in [5.41, 5.74) is 5.56. The highest BCUT2D eigenvalue weighted by Crippen LogP contribution is 2.25. The van der Waals surface area contributed by atoms with E-state index < -0.39 is 23.7 Å². The maximum Gasteiger partial charge on any atom is 0.306 e. The minimum atomic E-state index is -0.813. The summed E-state index contributed by atoms with van der Waals surface area (Å²) < 4.78 is 11.6. The number of hydrogen-bond acceptors (Lipinski definition) is 6. The first-order valence-electron chi connectivity index (χ1n) is 21.3. The Balaban J connectivity index is 4.27. The van der Waals surface area contributed by atoms with Crippen molar-refractivity contribution in [2.24, 2.45) is 11.7 Å². The molecule has 0 aliphatic heterocycles. The zero-order chi connectivity index (χ0) is 37.1. The summed E-state index contributed by atoms with van der Waals surface area (Å²) in [7, 11) is 0. The summed E-state index contributed by atoms with van der Waals surface area (Å²) in [5, 5.41) is 10.2. The number of rotatable bonds is 36. The van der Waals surface area contributed by atoms with Crippen molar-refractivity contribution in [3.05, 3.63) is 24.3 Å². The molecule has 0 bridgehead atoms. The summed E-state index contributed by atoms with van der Waals surface area (Å²) in [5.74, 6) is -1.17. The molecule has 0 fully saturated rings. The molecule has 0 aromatic heterocycles. The third-order valence-electron chi connectivity index (χ3n) is 9.88. The second-order valence-corrected chi connectivity index (χ2v) is 15.4. The van der Waals surface area contributed by atoms with Crippen LogP contribution in [0.25, 0.3) is 0 Å². The van der Waals surface area contributed by atoms with Gasteiger partial charge in [0.15, 0.2) is 0 Å². The van der Waals surface area contributed by atoms with Crippen LogP contribution in [0.3, 0.4) is 0 Å². The van der Waals surface area contributed by atoms with Gasteiger partial charge in [0.2, 0.25) is 0 Å². The Kier molecular flexibility index (Phi) is 33.3. The van der Waals surface area contributed by atoms with Crippen LogP contribution < -0.4 is 5.73 Å². The molecular weight excluding hydrogens is 622 g/mol. The minimum absolute atomic E-state index is 0.259. The van der Waals surface area contributed by atoms with Crippen LogP contribution in [0.4, 0.5) is 0 Å². The van der Waals surface area contributed by atoms with Crippen molar-refractivity contribution in [1.29, 1.82) is 0 Å². The van der Waals surface area contributed by atoms with E-state index in [1.54, 1.807) is 20.8 Å². The largest absolute Gasteiger partial charge is 0.459 e. The molecule has 0 aliphatic rings. The number of ether oxygens (including phenoxy) is 2. The number of hydrogen-bond donors (Lipinski definition) is 2. The van der Waals surface area contributed by atoms with Crippen molar-refractivity contribution in [1.82, 2.24) is 0 Å². The zero-order valence-electron chi connectivity index (χ0n) is 33.7. The van der Waals surface area contributed by atoms with E-state index >= 15 is 0 Å². The van der Waals surface area contributed by atoms with E-state index in [2.05, 4.69) is 38.2 Å². The predicted molar refractivity (Wildman–Crippen MR) is 213 cm³/mol. The summed E-state index contributed by atoms with van der Waals surface area (Å²) in [6.45, 7) is 9.61. The number of carbonyl (C=O) groups is 2. The van der Waals surface area contributed by atoms with Crippen molar-refractivity contribution in [2.45, 2.75) is 232 Å². The Labute approximate surface area is 310 Å². The van der Waals surface area contributed by atoms with Crippen LogP contribution in [0.2, 0.25) is 0 Å². The molecule has 0 saturated heterocycles. The van der Waals surface area contributed by atoms with E-state index in [4.69, 9.17) is 15.2 Å². The van der Waals surface area contributed by atoms with Gasteiger partial charge < -0.3 is 20.3 Å². The summed E-state index contributed by atoms with van der Waals surface area (Å²) in [6.07, 6.45) is 39.7. The molecule has 3 N–H and O–H groups in total. The lowest BCUT2D eigenvalue weighted by Gasteiger charge is -2.37. The fourth-order valence-corrected chi connectivity index (χ4v) is 6.49. The molecule has 0 radical (unpaired) electrons. The summed E-state index contributed by atoms with van der Waals surface area (Å²) >= 11 is 0. The smallest absolute Gasteiger partial charge is 0.306 e. The van der Waals surface area contributed by atoms with Gasteiger partial charge in [0.25, 0.3) is 0 Å². The van der Waals surface area contributed by atoms with Gasteiger partial charge in [0.05, 0.1) is 6.61 Å². The number of aliphatic hydroxyl groups excluding tert-OH is 1. The van der Waals surface area contributed by atoms with Crippen LogP contribution in [-0.4, -0.2) is 41.4 Å². The lowest BCUT2D eigenvalue weighted by molar-refractivity contribution is -0.175. The van der Waals surface area contributed by atoms with Crippen LogP contribution in [-0.2, 0) is 19.1 Å². The Morgan fingerprint density at radius 1 is 0.560 bits per heavy atom. The van der Waals surface area contributed by atoms with Gasteiger partial charge >= 0.3 is 11.9 Å². The lowest BCUT2D eigenvalue weighted by Crippen LogP contribution is -2.53. The average molecular weight is 706 g/mol. The molecule has 0 rings (SSSR count). The molecule has 6 heteroatoms. The highest BCUT2D eigenvalue weighted by Gasteiger charge is 2.39. The first kappa shape index (κ1) is 48.3. The molecule has 0 aromatic carbocycles. The number of aliphatic hydroxyl groups is 1. The molecule has 0 spiro atoms. The van der Waals surface area contributed by atoms with Gasteiger partial charge in [0, 0.05) is 24.3 Å². The number of carbonyl (C=O) groups excluding carboxylic acids is 2. The maximum atomic E-state index is 12.9. The highest BCUT2D eigenvalue weighted by atomic mass is 16.6. The lowest BCUT2D eigenvalue weighted by atomic mass is 9.82. The minimum Gasteiger partial charge on any atom is -0.459 e. The molecule has 3 atom stereocenters. The zero-order valence-corrected chi connectivity index (χ0v) is 33.7. The number of allylic oxidation sites excluding steroid dienone is 4. The SMILES string of the molecule is CCCCCCCCC=CCCCCCCCC(=O)OC(C)C(OC(=O)CCCCCCCC=CCCCCCCCC)C(CO)C(C)(C)N. The molecule has 3 unspecified atom stereocenters. The van der Waals surface area contributed by atoms with Crippen molar-refractivity contribution in [3.8, 4) is 0 Å².